The van der Waals surface area contributed by atoms with Gasteiger partial charge in [0.2, 0.25) is 0 Å². The molecule has 0 aromatic carbocycles. The molecule has 11 heavy (non-hydrogen) atoms. The van der Waals surface area contributed by atoms with E-state index < -0.39 is 0 Å². The summed E-state index contributed by atoms with van der Waals surface area (Å²) in [6.07, 6.45) is 11.4. The Kier molecular flexibility index (Phi) is 4.60. The van der Waals surface area contributed by atoms with Gasteiger partial charge in [-0.1, -0.05) is 44.2 Å². The summed E-state index contributed by atoms with van der Waals surface area (Å²) < 4.78 is 0. The average molecular weight is 150 g/mol. The van der Waals surface area contributed by atoms with Gasteiger partial charge in [0.25, 0.3) is 0 Å². The van der Waals surface area contributed by atoms with Crippen LogP contribution >= 0.6 is 0 Å². The zero-order chi connectivity index (χ0) is 8.74. The summed E-state index contributed by atoms with van der Waals surface area (Å²) in [4.78, 5) is 0. The van der Waals surface area contributed by atoms with Crippen molar-refractivity contribution in [2.24, 2.45) is 5.41 Å². The Bertz CT molecular complexity index is 159. The molecule has 0 spiro atoms. The second-order valence-electron chi connectivity index (χ2n) is 3.35. The van der Waals surface area contributed by atoms with Crippen LogP contribution < -0.4 is 0 Å². The first-order chi connectivity index (χ1) is 5.12. The summed E-state index contributed by atoms with van der Waals surface area (Å²) in [6, 6.07) is 0. The minimum atomic E-state index is 0.234. The molecule has 0 saturated heterocycles. The van der Waals surface area contributed by atoms with Crippen molar-refractivity contribution in [3.8, 4) is 0 Å². The van der Waals surface area contributed by atoms with Crippen molar-refractivity contribution in [3.05, 3.63) is 37.0 Å². The fourth-order valence-electron chi connectivity index (χ4n) is 0.645. The van der Waals surface area contributed by atoms with Crippen LogP contribution in [0.25, 0.3) is 0 Å². The molecule has 0 atom stereocenters. The van der Waals surface area contributed by atoms with Crippen molar-refractivity contribution < 1.29 is 0 Å². The second-order valence-corrected chi connectivity index (χ2v) is 3.35. The highest BCUT2D eigenvalue weighted by molar-refractivity contribution is 5.04. The van der Waals surface area contributed by atoms with Gasteiger partial charge in [-0.3, -0.25) is 0 Å². The van der Waals surface area contributed by atoms with E-state index in [2.05, 4.69) is 32.6 Å². The third kappa shape index (κ3) is 5.65. The van der Waals surface area contributed by atoms with Crippen LogP contribution in [0.4, 0.5) is 0 Å². The first-order valence-corrected chi connectivity index (χ1v) is 4.04. The maximum Gasteiger partial charge on any atom is -0.0143 e. The Morgan fingerprint density at radius 3 is 2.36 bits per heavy atom. The number of hydrogen-bond donors (Lipinski definition) is 0. The van der Waals surface area contributed by atoms with Gasteiger partial charge in [-0.25, -0.2) is 0 Å². The van der Waals surface area contributed by atoms with E-state index in [0.717, 1.165) is 6.42 Å². The first-order valence-electron chi connectivity index (χ1n) is 4.04. The van der Waals surface area contributed by atoms with Gasteiger partial charge in [-0.15, -0.1) is 6.58 Å². The molecular formula is C11H18. The van der Waals surface area contributed by atoms with E-state index >= 15 is 0 Å². The van der Waals surface area contributed by atoms with E-state index in [9.17, 15) is 0 Å². The van der Waals surface area contributed by atoms with Crippen molar-refractivity contribution >= 4 is 0 Å². The largest absolute Gasteiger partial charge is 0.103 e. The second kappa shape index (κ2) is 4.95. The summed E-state index contributed by atoms with van der Waals surface area (Å²) in [5.41, 5.74) is 0.234. The molecule has 0 aromatic rings. The van der Waals surface area contributed by atoms with Gasteiger partial charge in [-0.2, -0.15) is 0 Å². The molecule has 0 nitrogen and oxygen atoms in total. The van der Waals surface area contributed by atoms with Gasteiger partial charge in [-0.05, 0) is 18.8 Å². The minimum Gasteiger partial charge on any atom is -0.103 e. The van der Waals surface area contributed by atoms with Crippen LogP contribution in [-0.4, -0.2) is 0 Å². The molecule has 62 valence electrons. The molecule has 0 saturated carbocycles. The monoisotopic (exact) mass is 150 g/mol. The van der Waals surface area contributed by atoms with Crippen LogP contribution in [0.5, 0.6) is 0 Å². The molecule has 0 aliphatic carbocycles. The predicted octanol–water partition coefficient (Wildman–Crippen LogP) is 3.72. The van der Waals surface area contributed by atoms with Crippen molar-refractivity contribution in [2.75, 3.05) is 0 Å². The molecule has 0 bridgehead atoms. The number of hydrogen-bond acceptors (Lipinski definition) is 0. The SMILES string of the molecule is C=CC(C)(C)C/C=C/C=C/C. The molecule has 0 radical (unpaired) electrons. The Labute approximate surface area is 70.3 Å². The van der Waals surface area contributed by atoms with Crippen molar-refractivity contribution in [1.82, 2.24) is 0 Å². The van der Waals surface area contributed by atoms with Crippen molar-refractivity contribution in [1.29, 1.82) is 0 Å². The normalized spacial score (nSPS) is 13.0. The molecule has 0 aliphatic heterocycles. The minimum absolute atomic E-state index is 0.234. The molecule has 0 heteroatoms. The molecular weight excluding hydrogens is 132 g/mol. The zero-order valence-electron chi connectivity index (χ0n) is 7.80. The van der Waals surface area contributed by atoms with Crippen LogP contribution in [0.2, 0.25) is 0 Å². The third-order valence-corrected chi connectivity index (χ3v) is 1.64. The van der Waals surface area contributed by atoms with Gasteiger partial charge in [0.15, 0.2) is 0 Å². The Balaban J connectivity index is 3.77. The molecule has 0 amide bonds. The van der Waals surface area contributed by atoms with E-state index in [4.69, 9.17) is 0 Å². The van der Waals surface area contributed by atoms with Gasteiger partial charge >= 0.3 is 0 Å². The smallest absolute Gasteiger partial charge is 0.0143 e. The summed E-state index contributed by atoms with van der Waals surface area (Å²) in [7, 11) is 0. The van der Waals surface area contributed by atoms with Crippen molar-refractivity contribution in [3.63, 3.8) is 0 Å². The van der Waals surface area contributed by atoms with Crippen LogP contribution in [0, 0.1) is 5.41 Å². The lowest BCUT2D eigenvalue weighted by Gasteiger charge is -2.15. The Hall–Kier alpha value is -0.780. The molecule has 0 unspecified atom stereocenters. The Morgan fingerprint density at radius 1 is 1.27 bits per heavy atom. The highest BCUT2D eigenvalue weighted by Crippen LogP contribution is 2.21. The maximum absolute atomic E-state index is 3.78. The summed E-state index contributed by atoms with van der Waals surface area (Å²) in [5, 5.41) is 0. The lowest BCUT2D eigenvalue weighted by Crippen LogP contribution is -2.03. The van der Waals surface area contributed by atoms with E-state index in [1.165, 1.54) is 0 Å². The van der Waals surface area contributed by atoms with E-state index in [-0.39, 0.29) is 5.41 Å². The highest BCUT2D eigenvalue weighted by atomic mass is 14.1. The topological polar surface area (TPSA) is 0 Å². The fraction of sp³-hybridized carbons (Fsp3) is 0.455. The molecule has 0 N–H and O–H groups in total. The lowest BCUT2D eigenvalue weighted by molar-refractivity contribution is 0.490. The average Bonchev–Trinajstić information content (AvgIpc) is 1.99. The van der Waals surface area contributed by atoms with Gasteiger partial charge in [0.1, 0.15) is 0 Å². The predicted molar refractivity (Wildman–Crippen MR) is 52.5 cm³/mol. The molecule has 0 heterocycles. The molecule has 0 aliphatic rings. The van der Waals surface area contributed by atoms with Gasteiger partial charge < -0.3 is 0 Å². The lowest BCUT2D eigenvalue weighted by atomic mass is 9.90. The molecule has 0 aromatic heterocycles. The van der Waals surface area contributed by atoms with Gasteiger partial charge in [0, 0.05) is 0 Å². The van der Waals surface area contributed by atoms with Gasteiger partial charge in [0.05, 0.1) is 0 Å². The fourth-order valence-corrected chi connectivity index (χ4v) is 0.645. The summed E-state index contributed by atoms with van der Waals surface area (Å²) >= 11 is 0. The first kappa shape index (κ1) is 10.2. The Morgan fingerprint density at radius 2 is 1.91 bits per heavy atom. The van der Waals surface area contributed by atoms with Crippen LogP contribution in [0.1, 0.15) is 27.2 Å². The molecule has 0 fully saturated rings. The van der Waals surface area contributed by atoms with E-state index in [1.54, 1.807) is 0 Å². The molecule has 0 rings (SSSR count). The number of rotatable bonds is 4. The summed E-state index contributed by atoms with van der Waals surface area (Å²) in [5.74, 6) is 0. The van der Waals surface area contributed by atoms with Crippen LogP contribution in [0.3, 0.4) is 0 Å². The van der Waals surface area contributed by atoms with E-state index in [1.807, 2.05) is 25.2 Å². The third-order valence-electron chi connectivity index (χ3n) is 1.64. The van der Waals surface area contributed by atoms with Crippen LogP contribution in [0.15, 0.2) is 37.0 Å². The highest BCUT2D eigenvalue weighted by Gasteiger charge is 2.08. The van der Waals surface area contributed by atoms with E-state index in [0.29, 0.717) is 0 Å². The standard InChI is InChI=1S/C11H18/c1-5-7-8-9-10-11(3,4)6-2/h5-9H,2,10H2,1,3-4H3/b7-5+,9-8+. The zero-order valence-corrected chi connectivity index (χ0v) is 7.80. The van der Waals surface area contributed by atoms with Crippen molar-refractivity contribution in [2.45, 2.75) is 27.2 Å². The number of allylic oxidation sites excluding steroid dienone is 5. The summed E-state index contributed by atoms with van der Waals surface area (Å²) in [6.45, 7) is 10.2. The van der Waals surface area contributed by atoms with Crippen LogP contribution in [-0.2, 0) is 0 Å². The maximum atomic E-state index is 3.78. The quantitative estimate of drug-likeness (QED) is 0.423.